The Morgan fingerprint density at radius 1 is 1.33 bits per heavy atom. The van der Waals surface area contributed by atoms with Crippen LogP contribution in [0.5, 0.6) is 11.8 Å². The first-order chi connectivity index (χ1) is 9.91. The molecular formula is C16H19ClN2O2. The molecule has 5 heteroatoms. The quantitative estimate of drug-likeness (QED) is 0.868. The van der Waals surface area contributed by atoms with E-state index in [1.807, 2.05) is 16.7 Å². The summed E-state index contributed by atoms with van der Waals surface area (Å²) in [7, 11) is 0. The molecule has 0 unspecified atom stereocenters. The van der Waals surface area contributed by atoms with Gasteiger partial charge in [0, 0.05) is 6.20 Å². The zero-order chi connectivity index (χ0) is 15.0. The van der Waals surface area contributed by atoms with E-state index in [1.165, 1.54) is 5.56 Å². The van der Waals surface area contributed by atoms with Gasteiger partial charge in [-0.1, -0.05) is 44.5 Å². The first kappa shape index (κ1) is 14.3. The SMILES string of the molecule is CC(C)(C)c1ccc(OC[C@@H]2Cn3cc(Cl)nc3O2)cc1. The molecule has 0 bridgehead atoms. The van der Waals surface area contributed by atoms with Gasteiger partial charge in [0.25, 0.3) is 6.01 Å². The molecule has 2 heterocycles. The maximum absolute atomic E-state index is 5.81. The first-order valence-corrected chi connectivity index (χ1v) is 7.42. The van der Waals surface area contributed by atoms with Crippen LogP contribution in [0.2, 0.25) is 5.15 Å². The summed E-state index contributed by atoms with van der Waals surface area (Å²) in [4.78, 5) is 4.09. The van der Waals surface area contributed by atoms with E-state index in [1.54, 1.807) is 6.20 Å². The zero-order valence-electron chi connectivity index (χ0n) is 12.5. The lowest BCUT2D eigenvalue weighted by Crippen LogP contribution is -2.23. The number of halogens is 1. The number of hydrogen-bond acceptors (Lipinski definition) is 3. The molecule has 0 aliphatic carbocycles. The fourth-order valence-corrected chi connectivity index (χ4v) is 2.52. The number of benzene rings is 1. The fourth-order valence-electron chi connectivity index (χ4n) is 2.33. The normalized spacial score (nSPS) is 17.4. The van der Waals surface area contributed by atoms with Gasteiger partial charge in [-0.2, -0.15) is 4.98 Å². The second-order valence-electron chi connectivity index (χ2n) is 6.32. The van der Waals surface area contributed by atoms with Crippen molar-refractivity contribution in [2.45, 2.75) is 38.8 Å². The van der Waals surface area contributed by atoms with E-state index in [9.17, 15) is 0 Å². The highest BCUT2D eigenvalue weighted by Gasteiger charge is 2.25. The maximum Gasteiger partial charge on any atom is 0.298 e. The molecule has 0 saturated carbocycles. The predicted octanol–water partition coefficient (Wildman–Crippen LogP) is 3.67. The Kier molecular flexibility index (Phi) is 3.57. The van der Waals surface area contributed by atoms with Crippen LogP contribution in [0.1, 0.15) is 26.3 Å². The van der Waals surface area contributed by atoms with E-state index in [4.69, 9.17) is 21.1 Å². The van der Waals surface area contributed by atoms with Gasteiger partial charge < -0.3 is 9.47 Å². The van der Waals surface area contributed by atoms with E-state index < -0.39 is 0 Å². The fraction of sp³-hybridized carbons (Fsp3) is 0.438. The molecule has 0 amide bonds. The van der Waals surface area contributed by atoms with Gasteiger partial charge >= 0.3 is 0 Å². The van der Waals surface area contributed by atoms with Crippen molar-refractivity contribution in [3.8, 4) is 11.8 Å². The summed E-state index contributed by atoms with van der Waals surface area (Å²) in [5, 5.41) is 0.460. The van der Waals surface area contributed by atoms with Gasteiger partial charge in [-0.05, 0) is 23.1 Å². The van der Waals surface area contributed by atoms with Crippen LogP contribution in [0.4, 0.5) is 0 Å². The molecule has 4 nitrogen and oxygen atoms in total. The number of hydrogen-bond donors (Lipinski definition) is 0. The van der Waals surface area contributed by atoms with Crippen molar-refractivity contribution in [3.63, 3.8) is 0 Å². The topological polar surface area (TPSA) is 36.3 Å². The lowest BCUT2D eigenvalue weighted by atomic mass is 9.87. The van der Waals surface area contributed by atoms with Crippen molar-refractivity contribution in [2.24, 2.45) is 0 Å². The van der Waals surface area contributed by atoms with Crippen LogP contribution < -0.4 is 9.47 Å². The van der Waals surface area contributed by atoms with Gasteiger partial charge in [-0.15, -0.1) is 0 Å². The Bertz CT molecular complexity index is 605. The number of nitrogens with zero attached hydrogens (tertiary/aromatic N) is 2. The van der Waals surface area contributed by atoms with Gasteiger partial charge in [-0.25, -0.2) is 0 Å². The van der Waals surface area contributed by atoms with Crippen LogP contribution in [0, 0.1) is 0 Å². The molecular weight excluding hydrogens is 288 g/mol. The molecule has 2 aromatic rings. The van der Waals surface area contributed by atoms with E-state index in [2.05, 4.69) is 37.9 Å². The van der Waals surface area contributed by atoms with Gasteiger partial charge in [-0.3, -0.25) is 4.57 Å². The Hall–Kier alpha value is -1.68. The van der Waals surface area contributed by atoms with E-state index in [0.29, 0.717) is 17.8 Å². The van der Waals surface area contributed by atoms with Crippen LogP contribution >= 0.6 is 11.6 Å². The number of rotatable bonds is 3. The van der Waals surface area contributed by atoms with Crippen LogP contribution in [0.15, 0.2) is 30.5 Å². The third kappa shape index (κ3) is 3.16. The molecule has 1 atom stereocenters. The Morgan fingerprint density at radius 2 is 2.05 bits per heavy atom. The number of aromatic nitrogens is 2. The molecule has 1 aliphatic rings. The van der Waals surface area contributed by atoms with Crippen molar-refractivity contribution >= 4 is 11.6 Å². The lowest BCUT2D eigenvalue weighted by Gasteiger charge is -2.19. The molecule has 0 radical (unpaired) electrons. The zero-order valence-corrected chi connectivity index (χ0v) is 13.2. The molecule has 0 saturated heterocycles. The molecule has 1 aromatic carbocycles. The summed E-state index contributed by atoms with van der Waals surface area (Å²) in [5.74, 6) is 0.856. The van der Waals surface area contributed by atoms with Crippen molar-refractivity contribution in [1.29, 1.82) is 0 Å². The monoisotopic (exact) mass is 306 g/mol. The lowest BCUT2D eigenvalue weighted by molar-refractivity contribution is 0.143. The summed E-state index contributed by atoms with van der Waals surface area (Å²) >= 11 is 5.81. The summed E-state index contributed by atoms with van der Waals surface area (Å²) in [6.45, 7) is 7.80. The highest BCUT2D eigenvalue weighted by molar-refractivity contribution is 6.29. The van der Waals surface area contributed by atoms with Gasteiger partial charge in [0.15, 0.2) is 11.3 Å². The molecule has 1 aromatic heterocycles. The Balaban J connectivity index is 1.56. The second kappa shape index (κ2) is 5.26. The smallest absolute Gasteiger partial charge is 0.298 e. The highest BCUT2D eigenvalue weighted by atomic mass is 35.5. The molecule has 112 valence electrons. The van der Waals surface area contributed by atoms with E-state index >= 15 is 0 Å². The minimum atomic E-state index is -0.0212. The Morgan fingerprint density at radius 3 is 2.67 bits per heavy atom. The van der Waals surface area contributed by atoms with Crippen LogP contribution in [0.3, 0.4) is 0 Å². The molecule has 3 rings (SSSR count). The van der Waals surface area contributed by atoms with Crippen molar-refractivity contribution < 1.29 is 9.47 Å². The maximum atomic E-state index is 5.81. The van der Waals surface area contributed by atoms with E-state index in [0.717, 1.165) is 12.3 Å². The molecule has 0 fully saturated rings. The first-order valence-electron chi connectivity index (χ1n) is 7.04. The van der Waals surface area contributed by atoms with Crippen molar-refractivity contribution in [2.75, 3.05) is 6.61 Å². The number of fused-ring (bicyclic) bond motifs is 1. The third-order valence-corrected chi connectivity index (χ3v) is 3.72. The average molecular weight is 307 g/mol. The second-order valence-corrected chi connectivity index (χ2v) is 6.71. The minimum absolute atomic E-state index is 0.0212. The number of imidazole rings is 1. The summed E-state index contributed by atoms with van der Waals surface area (Å²) in [5.41, 5.74) is 1.45. The largest absolute Gasteiger partial charge is 0.490 e. The van der Waals surface area contributed by atoms with Crippen LogP contribution in [0.25, 0.3) is 0 Å². The van der Waals surface area contributed by atoms with E-state index in [-0.39, 0.29) is 11.5 Å². The highest BCUT2D eigenvalue weighted by Crippen LogP contribution is 2.26. The van der Waals surface area contributed by atoms with Crippen molar-refractivity contribution in [1.82, 2.24) is 9.55 Å². The average Bonchev–Trinajstić information content (AvgIpc) is 2.92. The summed E-state index contributed by atoms with van der Waals surface area (Å²) < 4.78 is 13.4. The summed E-state index contributed by atoms with van der Waals surface area (Å²) in [6.07, 6.45) is 1.75. The predicted molar refractivity (Wildman–Crippen MR) is 82.3 cm³/mol. The standard InChI is InChI=1S/C16H19ClN2O2/c1-16(2,3)11-4-6-12(7-5-11)20-10-13-8-19-9-14(17)18-15(19)21-13/h4-7,9,13H,8,10H2,1-3H3/t13-/m0/s1. The van der Waals surface area contributed by atoms with Gasteiger partial charge in [0.1, 0.15) is 12.4 Å². The van der Waals surface area contributed by atoms with Crippen LogP contribution in [-0.4, -0.2) is 22.3 Å². The van der Waals surface area contributed by atoms with Gasteiger partial charge in [0.2, 0.25) is 0 Å². The summed E-state index contributed by atoms with van der Waals surface area (Å²) in [6, 6.07) is 8.79. The molecule has 1 aliphatic heterocycles. The van der Waals surface area contributed by atoms with Crippen molar-refractivity contribution in [3.05, 3.63) is 41.2 Å². The Labute approximate surface area is 129 Å². The minimum Gasteiger partial charge on any atom is -0.490 e. The van der Waals surface area contributed by atoms with Crippen LogP contribution in [-0.2, 0) is 12.0 Å². The number of ether oxygens (including phenoxy) is 2. The molecule has 0 N–H and O–H groups in total. The third-order valence-electron chi connectivity index (χ3n) is 3.54. The molecule has 21 heavy (non-hydrogen) atoms. The van der Waals surface area contributed by atoms with Gasteiger partial charge in [0.05, 0.1) is 6.54 Å². The molecule has 0 spiro atoms.